The van der Waals surface area contributed by atoms with Gasteiger partial charge in [0.15, 0.2) is 17.5 Å². The number of thiophene rings is 1. The van der Waals surface area contributed by atoms with Crippen LogP contribution in [0.25, 0.3) is 10.6 Å². The van der Waals surface area contributed by atoms with Gasteiger partial charge in [-0.1, -0.05) is 6.07 Å². The number of anilines is 2. The molecule has 1 fully saturated rings. The standard InChI is InChI=1S/C24H19F3N6O2S/c1-12-8-28-23(30-16-5-6-29-32(16)2)31-19(12)20-18(27)17-21(36-20)24(10-35-11-24)33(22(17)34)9-13-3-4-14(25)15(26)7-13/h3-8H,9-11H2,1-2H3,(H,28,30,31). The predicted octanol–water partition coefficient (Wildman–Crippen LogP) is 4.29. The molecule has 12 heteroatoms. The van der Waals surface area contributed by atoms with Gasteiger partial charge < -0.3 is 15.0 Å². The summed E-state index contributed by atoms with van der Waals surface area (Å²) in [6.07, 6.45) is 3.21. The molecule has 4 aromatic rings. The summed E-state index contributed by atoms with van der Waals surface area (Å²) in [5, 5.41) is 7.15. The molecule has 1 saturated heterocycles. The molecule has 0 saturated carbocycles. The number of hydrogen-bond donors (Lipinski definition) is 1. The highest BCUT2D eigenvalue weighted by molar-refractivity contribution is 7.16. The number of ether oxygens (including phenoxy) is 1. The molecule has 0 radical (unpaired) electrons. The Morgan fingerprint density at radius 2 is 2.00 bits per heavy atom. The number of amides is 1. The van der Waals surface area contributed by atoms with Crippen molar-refractivity contribution in [3.63, 3.8) is 0 Å². The molecule has 1 amide bonds. The monoisotopic (exact) mass is 512 g/mol. The van der Waals surface area contributed by atoms with E-state index >= 15 is 4.39 Å². The van der Waals surface area contributed by atoms with Crippen LogP contribution in [0.5, 0.6) is 0 Å². The molecule has 0 atom stereocenters. The van der Waals surface area contributed by atoms with Crippen LogP contribution in [-0.2, 0) is 23.9 Å². The lowest BCUT2D eigenvalue weighted by Crippen LogP contribution is -2.56. The molecule has 0 aliphatic carbocycles. The number of benzene rings is 1. The van der Waals surface area contributed by atoms with E-state index < -0.39 is 28.9 Å². The van der Waals surface area contributed by atoms with Gasteiger partial charge in [-0.3, -0.25) is 9.48 Å². The SMILES string of the molecule is Cc1cnc(Nc2ccnn2C)nc1-c1sc2c(c1F)C(=O)N(Cc1ccc(F)c(F)c1)C21COC1. The van der Waals surface area contributed by atoms with Crippen LogP contribution in [0, 0.1) is 24.4 Å². The summed E-state index contributed by atoms with van der Waals surface area (Å²) >= 11 is 1.15. The molecule has 36 heavy (non-hydrogen) atoms. The van der Waals surface area contributed by atoms with Crippen molar-refractivity contribution in [3.8, 4) is 10.6 Å². The number of halogens is 3. The quantitative estimate of drug-likeness (QED) is 0.430. The van der Waals surface area contributed by atoms with Crippen molar-refractivity contribution in [2.24, 2.45) is 7.05 Å². The number of aromatic nitrogens is 4. The van der Waals surface area contributed by atoms with Crippen LogP contribution in [0.2, 0.25) is 0 Å². The van der Waals surface area contributed by atoms with Crippen LogP contribution in [0.3, 0.4) is 0 Å². The largest absolute Gasteiger partial charge is 0.376 e. The minimum Gasteiger partial charge on any atom is -0.376 e. The fourth-order valence-electron chi connectivity index (χ4n) is 4.50. The lowest BCUT2D eigenvalue weighted by molar-refractivity contribution is -0.126. The van der Waals surface area contributed by atoms with Gasteiger partial charge in [0.05, 0.1) is 40.4 Å². The van der Waals surface area contributed by atoms with Gasteiger partial charge in [-0.2, -0.15) is 5.10 Å². The second kappa shape index (κ2) is 8.14. The van der Waals surface area contributed by atoms with Gasteiger partial charge >= 0.3 is 0 Å². The van der Waals surface area contributed by atoms with Gasteiger partial charge in [0.1, 0.15) is 11.4 Å². The Hall–Kier alpha value is -3.77. The Kier molecular flexibility index (Phi) is 5.12. The number of carbonyl (C=O) groups is 1. The fourth-order valence-corrected chi connectivity index (χ4v) is 5.90. The Morgan fingerprint density at radius 3 is 2.67 bits per heavy atom. The summed E-state index contributed by atoms with van der Waals surface area (Å²) < 4.78 is 50.1. The van der Waals surface area contributed by atoms with Gasteiger partial charge in [-0.25, -0.2) is 23.1 Å². The fraction of sp³-hybridized carbons (Fsp3) is 0.250. The lowest BCUT2D eigenvalue weighted by atomic mass is 9.94. The first-order chi connectivity index (χ1) is 17.3. The van der Waals surface area contributed by atoms with E-state index in [0.717, 1.165) is 23.5 Å². The van der Waals surface area contributed by atoms with Crippen LogP contribution < -0.4 is 5.32 Å². The van der Waals surface area contributed by atoms with Crippen molar-refractivity contribution in [3.05, 3.63) is 75.7 Å². The topological polar surface area (TPSA) is 85.2 Å². The van der Waals surface area contributed by atoms with Gasteiger partial charge in [-0.05, 0) is 30.2 Å². The third-order valence-corrected chi connectivity index (χ3v) is 7.87. The van der Waals surface area contributed by atoms with Gasteiger partial charge in [-0.15, -0.1) is 11.3 Å². The van der Waals surface area contributed by atoms with E-state index in [-0.39, 0.29) is 36.1 Å². The molecule has 2 aliphatic heterocycles. The summed E-state index contributed by atoms with van der Waals surface area (Å²) in [6, 6.07) is 5.22. The Labute approximate surface area is 207 Å². The van der Waals surface area contributed by atoms with Crippen molar-refractivity contribution < 1.29 is 22.7 Å². The predicted molar refractivity (Wildman–Crippen MR) is 125 cm³/mol. The smallest absolute Gasteiger partial charge is 0.259 e. The number of fused-ring (bicyclic) bond motifs is 2. The average molecular weight is 513 g/mol. The number of carbonyl (C=O) groups excluding carboxylic acids is 1. The second-order valence-corrected chi connectivity index (χ2v) is 9.82. The highest BCUT2D eigenvalue weighted by Crippen LogP contribution is 2.52. The highest BCUT2D eigenvalue weighted by atomic mass is 32.1. The maximum absolute atomic E-state index is 15.9. The number of nitrogens with zero attached hydrogens (tertiary/aromatic N) is 5. The molecular weight excluding hydrogens is 493 g/mol. The maximum atomic E-state index is 15.9. The van der Waals surface area contributed by atoms with Crippen LogP contribution in [-0.4, -0.2) is 43.8 Å². The zero-order valence-corrected chi connectivity index (χ0v) is 20.0. The summed E-state index contributed by atoms with van der Waals surface area (Å²) in [7, 11) is 1.76. The summed E-state index contributed by atoms with van der Waals surface area (Å²) in [5.41, 5.74) is 0.538. The van der Waals surface area contributed by atoms with E-state index in [4.69, 9.17) is 4.74 Å². The van der Waals surface area contributed by atoms with Gasteiger partial charge in [0.2, 0.25) is 5.95 Å². The van der Waals surface area contributed by atoms with Crippen molar-refractivity contribution in [1.29, 1.82) is 0 Å². The van der Waals surface area contributed by atoms with Crippen molar-refractivity contribution in [2.75, 3.05) is 18.5 Å². The van der Waals surface area contributed by atoms with E-state index in [1.165, 1.54) is 11.0 Å². The third-order valence-electron chi connectivity index (χ3n) is 6.50. The average Bonchev–Trinajstić information content (AvgIpc) is 3.45. The lowest BCUT2D eigenvalue weighted by Gasteiger charge is -2.45. The van der Waals surface area contributed by atoms with Crippen molar-refractivity contribution in [2.45, 2.75) is 19.0 Å². The molecule has 184 valence electrons. The van der Waals surface area contributed by atoms with Gasteiger partial charge in [0.25, 0.3) is 5.91 Å². The minimum atomic E-state index is -1.00. The van der Waals surface area contributed by atoms with Crippen LogP contribution in [0.1, 0.15) is 26.4 Å². The third kappa shape index (κ3) is 3.32. The molecule has 1 N–H and O–H groups in total. The Balaban J connectivity index is 1.38. The summed E-state index contributed by atoms with van der Waals surface area (Å²) in [6.45, 7) is 2.14. The summed E-state index contributed by atoms with van der Waals surface area (Å²) in [5.74, 6) is -2.23. The Morgan fingerprint density at radius 1 is 1.19 bits per heavy atom. The first kappa shape index (κ1) is 22.7. The molecule has 1 aromatic carbocycles. The van der Waals surface area contributed by atoms with Crippen LogP contribution >= 0.6 is 11.3 Å². The molecule has 5 heterocycles. The van der Waals surface area contributed by atoms with E-state index in [0.29, 0.717) is 27.5 Å². The Bertz CT molecular complexity index is 1530. The van der Waals surface area contributed by atoms with E-state index in [2.05, 4.69) is 20.4 Å². The number of hydrogen-bond acceptors (Lipinski definition) is 7. The molecule has 3 aromatic heterocycles. The summed E-state index contributed by atoms with van der Waals surface area (Å²) in [4.78, 5) is 24.5. The van der Waals surface area contributed by atoms with Crippen LogP contribution in [0.4, 0.5) is 24.9 Å². The molecular formula is C24H19F3N6O2S. The maximum Gasteiger partial charge on any atom is 0.259 e. The zero-order valence-electron chi connectivity index (χ0n) is 19.2. The molecule has 0 unspecified atom stereocenters. The van der Waals surface area contributed by atoms with Crippen molar-refractivity contribution in [1.82, 2.24) is 24.6 Å². The van der Waals surface area contributed by atoms with Crippen molar-refractivity contribution >= 4 is 29.0 Å². The van der Waals surface area contributed by atoms with E-state index in [1.807, 2.05) is 0 Å². The number of aryl methyl sites for hydroxylation is 2. The molecule has 0 bridgehead atoms. The molecule has 6 rings (SSSR count). The normalized spacial score (nSPS) is 15.9. The first-order valence-electron chi connectivity index (χ1n) is 11.0. The zero-order chi connectivity index (χ0) is 25.2. The van der Waals surface area contributed by atoms with E-state index in [9.17, 15) is 13.6 Å². The molecule has 2 aliphatic rings. The number of rotatable bonds is 5. The number of nitrogens with one attached hydrogen (secondary N) is 1. The molecule has 8 nitrogen and oxygen atoms in total. The van der Waals surface area contributed by atoms with Crippen LogP contribution in [0.15, 0.2) is 36.7 Å². The minimum absolute atomic E-state index is 0.000863. The van der Waals surface area contributed by atoms with Gasteiger partial charge in [0, 0.05) is 25.9 Å². The second-order valence-electron chi connectivity index (χ2n) is 8.80. The first-order valence-corrected chi connectivity index (χ1v) is 11.9. The molecule has 1 spiro atoms. The highest BCUT2D eigenvalue weighted by Gasteiger charge is 2.57. The van der Waals surface area contributed by atoms with E-state index in [1.54, 1.807) is 37.1 Å².